The third-order valence-corrected chi connectivity index (χ3v) is 9.60. The van der Waals surface area contributed by atoms with Gasteiger partial charge in [-0.25, -0.2) is 8.78 Å². The van der Waals surface area contributed by atoms with Crippen molar-refractivity contribution in [1.82, 2.24) is 4.57 Å². The topological polar surface area (TPSA) is 85.6 Å². The number of hydrogen-bond donors (Lipinski definition) is 1. The number of aromatic nitrogens is 1. The van der Waals surface area contributed by atoms with Gasteiger partial charge in [-0.2, -0.15) is 17.2 Å². The van der Waals surface area contributed by atoms with Gasteiger partial charge in [-0.15, -0.1) is 23.5 Å². The van der Waals surface area contributed by atoms with E-state index < -0.39 is 50.0 Å². The van der Waals surface area contributed by atoms with Crippen molar-refractivity contribution >= 4 is 50.5 Å². The number of nitrogens with zero attached hydrogens (tertiary/aromatic N) is 1. The maximum absolute atomic E-state index is 14.2. The Bertz CT molecular complexity index is 1690. The highest BCUT2D eigenvalue weighted by atomic mass is 32.2. The minimum Gasteiger partial charge on any atom is -0.420 e. The number of hydrogen-bond acceptors (Lipinski definition) is 6. The zero-order valence-corrected chi connectivity index (χ0v) is 21.8. The summed E-state index contributed by atoms with van der Waals surface area (Å²) in [6, 6.07) is 15.8. The fourth-order valence-corrected chi connectivity index (χ4v) is 7.81. The van der Waals surface area contributed by atoms with Crippen LogP contribution in [0.3, 0.4) is 0 Å². The number of halogens is 4. The molecule has 0 fully saturated rings. The molecule has 0 aliphatic carbocycles. The Kier molecular flexibility index (Phi) is 6.97. The van der Waals surface area contributed by atoms with Crippen LogP contribution < -0.4 is 4.74 Å². The molecule has 2 heterocycles. The van der Waals surface area contributed by atoms with Crippen LogP contribution in [0.4, 0.5) is 17.6 Å². The summed E-state index contributed by atoms with van der Waals surface area (Å²) in [4.78, 5) is 11.2. The van der Waals surface area contributed by atoms with E-state index in [2.05, 4.69) is 9.30 Å². The number of benzene rings is 3. The Hall–Kier alpha value is -3.00. The predicted octanol–water partition coefficient (Wildman–Crippen LogP) is 6.48. The fourth-order valence-electron chi connectivity index (χ4n) is 4.37. The summed E-state index contributed by atoms with van der Waals surface area (Å²) in [5, 5.41) is 1.04. The highest BCUT2D eigenvalue weighted by Gasteiger charge is 2.34. The van der Waals surface area contributed by atoms with Gasteiger partial charge in [0.25, 0.3) is 0 Å². The number of carbonyl (C=O) groups is 1. The summed E-state index contributed by atoms with van der Waals surface area (Å²) < 4.78 is 94.0. The Morgan fingerprint density at radius 1 is 1.03 bits per heavy atom. The number of ether oxygens (including phenoxy) is 1. The van der Waals surface area contributed by atoms with Crippen molar-refractivity contribution in [3.05, 3.63) is 77.4 Å². The first kappa shape index (κ1) is 26.6. The molecule has 1 aliphatic heterocycles. The number of fused-ring (bicyclic) bond motifs is 5. The molecule has 4 aromatic rings. The average molecular weight is 584 g/mol. The van der Waals surface area contributed by atoms with Crippen molar-refractivity contribution in [3.8, 4) is 17.0 Å². The Balaban J connectivity index is 1.37. The first-order valence-electron chi connectivity index (χ1n) is 11.0. The zero-order chi connectivity index (χ0) is 27.4. The smallest absolute Gasteiger partial charge is 0.312 e. The van der Waals surface area contributed by atoms with Crippen molar-refractivity contribution in [1.29, 1.82) is 0 Å². The normalized spacial score (nSPS) is 14.8. The molecule has 6 nitrogen and oxygen atoms in total. The SMILES string of the molecule is Cn1c2c(c3ccccc31)C(SCCC(=O)Oc1c(F)c(F)c(S(=O)(=O)O)c(F)c1F)Sc1ccccc1-2. The lowest BCUT2D eigenvalue weighted by Gasteiger charge is -2.25. The van der Waals surface area contributed by atoms with Gasteiger partial charge in [-0.3, -0.25) is 9.35 Å². The van der Waals surface area contributed by atoms with E-state index in [0.29, 0.717) is 0 Å². The van der Waals surface area contributed by atoms with Crippen LogP contribution in [0.5, 0.6) is 5.75 Å². The van der Waals surface area contributed by atoms with Crippen LogP contribution in [0.2, 0.25) is 0 Å². The lowest BCUT2D eigenvalue weighted by molar-refractivity contribution is -0.134. The second kappa shape index (κ2) is 9.95. The van der Waals surface area contributed by atoms with E-state index >= 15 is 0 Å². The van der Waals surface area contributed by atoms with E-state index in [1.165, 1.54) is 11.8 Å². The number of rotatable bonds is 6. The van der Waals surface area contributed by atoms with Crippen LogP contribution >= 0.6 is 23.5 Å². The van der Waals surface area contributed by atoms with E-state index in [4.69, 9.17) is 4.55 Å². The molecule has 1 aliphatic rings. The van der Waals surface area contributed by atoms with E-state index in [0.717, 1.165) is 32.6 Å². The van der Waals surface area contributed by atoms with Crippen LogP contribution in [0, 0.1) is 23.3 Å². The lowest BCUT2D eigenvalue weighted by Crippen LogP contribution is -2.16. The maximum atomic E-state index is 14.2. The standard InChI is InChI=1S/C25H17F4NO5S3/c1-30-14-8-4-2-6-12(14)17-22(30)13-7-3-5-9-15(13)37-25(17)36-11-10-16(31)35-23-18(26)20(28)24(38(32,33)34)21(29)19(23)27/h2-9,25H,10-11H2,1H3,(H,32,33,34). The van der Waals surface area contributed by atoms with Crippen molar-refractivity contribution in [2.45, 2.75) is 20.8 Å². The van der Waals surface area contributed by atoms with Crippen LogP contribution in [-0.2, 0) is 22.0 Å². The number of para-hydroxylation sites is 1. The molecule has 1 unspecified atom stereocenters. The monoisotopic (exact) mass is 583 g/mol. The maximum Gasteiger partial charge on any atom is 0.312 e. The summed E-state index contributed by atoms with van der Waals surface area (Å²) in [6.45, 7) is 0. The van der Waals surface area contributed by atoms with E-state index in [1.807, 2.05) is 55.6 Å². The second-order valence-corrected chi connectivity index (χ2v) is 12.3. The van der Waals surface area contributed by atoms with Gasteiger partial charge in [0.05, 0.1) is 16.7 Å². The van der Waals surface area contributed by atoms with Crippen LogP contribution in [0.25, 0.3) is 22.2 Å². The van der Waals surface area contributed by atoms with Gasteiger partial charge >= 0.3 is 16.1 Å². The summed E-state index contributed by atoms with van der Waals surface area (Å²) in [7, 11) is -3.64. The van der Waals surface area contributed by atoms with E-state index in [9.17, 15) is 30.8 Å². The quantitative estimate of drug-likeness (QED) is 0.0914. The molecular weight excluding hydrogens is 566 g/mol. The third-order valence-electron chi connectivity index (χ3n) is 5.99. The number of esters is 1. The van der Waals surface area contributed by atoms with Gasteiger partial charge < -0.3 is 9.30 Å². The van der Waals surface area contributed by atoms with Gasteiger partial charge in [-0.05, 0) is 12.1 Å². The molecule has 13 heteroatoms. The molecule has 1 N–H and O–H groups in total. The Labute approximate surface area is 222 Å². The summed E-state index contributed by atoms with van der Waals surface area (Å²) in [6.07, 6.45) is -0.369. The van der Waals surface area contributed by atoms with Crippen LogP contribution in [0.1, 0.15) is 16.6 Å². The molecule has 3 aromatic carbocycles. The van der Waals surface area contributed by atoms with Gasteiger partial charge in [-0.1, -0.05) is 36.4 Å². The Morgan fingerprint density at radius 3 is 2.34 bits per heavy atom. The van der Waals surface area contributed by atoms with Gasteiger partial charge in [0, 0.05) is 39.7 Å². The molecule has 0 radical (unpaired) electrons. The minimum atomic E-state index is -5.62. The van der Waals surface area contributed by atoms with Crippen molar-refractivity contribution < 1.29 is 40.1 Å². The summed E-state index contributed by atoms with van der Waals surface area (Å²) in [5.74, 6) is -12.1. The molecule has 0 saturated carbocycles. The van der Waals surface area contributed by atoms with Crippen LogP contribution in [-0.4, -0.2) is 29.3 Å². The predicted molar refractivity (Wildman–Crippen MR) is 136 cm³/mol. The molecule has 0 spiro atoms. The number of carbonyl (C=O) groups excluding carboxylic acids is 1. The highest BCUT2D eigenvalue weighted by molar-refractivity contribution is 8.16. The Morgan fingerprint density at radius 2 is 1.66 bits per heavy atom. The molecule has 1 aromatic heterocycles. The van der Waals surface area contributed by atoms with E-state index in [1.54, 1.807) is 11.8 Å². The van der Waals surface area contributed by atoms with Gasteiger partial charge in [0.1, 0.15) is 0 Å². The summed E-state index contributed by atoms with van der Waals surface area (Å²) >= 11 is 2.99. The molecule has 198 valence electrons. The van der Waals surface area contributed by atoms with Crippen LogP contribution in [0.15, 0.2) is 58.3 Å². The molecule has 0 saturated heterocycles. The van der Waals surface area contributed by atoms with Crippen molar-refractivity contribution in [2.75, 3.05) is 5.75 Å². The fraction of sp³-hybridized carbons (Fsp3) is 0.160. The molecule has 5 rings (SSSR count). The lowest BCUT2D eigenvalue weighted by atomic mass is 10.1. The minimum absolute atomic E-state index is 0.138. The molecule has 38 heavy (non-hydrogen) atoms. The highest BCUT2D eigenvalue weighted by Crippen LogP contribution is 2.56. The first-order chi connectivity index (χ1) is 18.0. The largest absolute Gasteiger partial charge is 0.420 e. The van der Waals surface area contributed by atoms with Crippen molar-refractivity contribution in [2.24, 2.45) is 7.05 Å². The van der Waals surface area contributed by atoms with Gasteiger partial charge in [0.2, 0.25) is 17.4 Å². The van der Waals surface area contributed by atoms with Gasteiger partial charge in [0.15, 0.2) is 16.5 Å². The number of aryl methyl sites for hydroxylation is 1. The first-order valence-corrected chi connectivity index (χ1v) is 14.4. The number of thioether (sulfide) groups is 2. The van der Waals surface area contributed by atoms with Crippen molar-refractivity contribution in [3.63, 3.8) is 0 Å². The zero-order valence-electron chi connectivity index (χ0n) is 19.4. The third kappa shape index (κ3) is 4.46. The molecular formula is C25H17F4NO5S3. The summed E-state index contributed by atoms with van der Waals surface area (Å²) in [5.41, 5.74) is 4.20. The average Bonchev–Trinajstić information content (AvgIpc) is 3.18. The van der Waals surface area contributed by atoms with E-state index in [-0.39, 0.29) is 16.8 Å². The second-order valence-electron chi connectivity index (χ2n) is 8.27. The molecule has 1 atom stereocenters. The molecule has 0 bridgehead atoms. The molecule has 0 amide bonds.